The first-order valence-electron chi connectivity index (χ1n) is 8.23. The smallest absolute Gasteiger partial charge is 0.353 e. The van der Waals surface area contributed by atoms with Crippen molar-refractivity contribution in [3.63, 3.8) is 0 Å². The molecule has 0 atom stereocenters. The van der Waals surface area contributed by atoms with E-state index < -0.39 is 17.6 Å². The number of rotatable bonds is 4. The van der Waals surface area contributed by atoms with Crippen LogP contribution >= 0.6 is 11.6 Å². The Bertz CT molecular complexity index is 809. The lowest BCUT2D eigenvalue weighted by atomic mass is 10.1. The van der Waals surface area contributed by atoms with E-state index in [1.807, 2.05) is 9.80 Å². The second-order valence-electron chi connectivity index (χ2n) is 6.05. The first-order valence-corrected chi connectivity index (χ1v) is 8.61. The maximum Gasteiger partial charge on any atom is 0.418 e. The summed E-state index contributed by atoms with van der Waals surface area (Å²) in [6, 6.07) is 4.93. The fourth-order valence-corrected chi connectivity index (χ4v) is 3.11. The number of hydrogen-bond donors (Lipinski definition) is 1. The lowest BCUT2D eigenvalue weighted by molar-refractivity contribution is -0.137. The minimum absolute atomic E-state index is 0.0114. The molecular formula is C17H17ClF3N5O. The number of benzene rings is 1. The predicted octanol–water partition coefficient (Wildman–Crippen LogP) is 2.91. The second kappa shape index (κ2) is 8.10. The summed E-state index contributed by atoms with van der Waals surface area (Å²) in [6.45, 7) is 2.34. The van der Waals surface area contributed by atoms with Crippen LogP contribution in [0.25, 0.3) is 0 Å². The Hall–Kier alpha value is -2.39. The van der Waals surface area contributed by atoms with E-state index in [0.29, 0.717) is 37.0 Å². The van der Waals surface area contributed by atoms with Crippen LogP contribution in [-0.4, -0.2) is 53.5 Å². The Morgan fingerprint density at radius 2 is 1.89 bits per heavy atom. The van der Waals surface area contributed by atoms with E-state index in [1.54, 1.807) is 0 Å². The average molecular weight is 400 g/mol. The molecule has 0 radical (unpaired) electrons. The number of alkyl halides is 3. The Kier molecular flexibility index (Phi) is 5.81. The van der Waals surface area contributed by atoms with Crippen LogP contribution in [0.3, 0.4) is 0 Å². The minimum Gasteiger partial charge on any atom is -0.353 e. The summed E-state index contributed by atoms with van der Waals surface area (Å²) in [6.07, 6.45) is -1.59. The molecule has 0 unspecified atom stereocenters. The van der Waals surface area contributed by atoms with E-state index in [1.165, 1.54) is 30.7 Å². The molecule has 6 nitrogen and oxygen atoms in total. The van der Waals surface area contributed by atoms with Crippen molar-refractivity contribution in [2.75, 3.05) is 42.9 Å². The van der Waals surface area contributed by atoms with Crippen molar-refractivity contribution < 1.29 is 18.0 Å². The summed E-state index contributed by atoms with van der Waals surface area (Å²) < 4.78 is 39.0. The summed E-state index contributed by atoms with van der Waals surface area (Å²) in [5.74, 6) is 0.148. The van der Waals surface area contributed by atoms with Crippen molar-refractivity contribution in [1.29, 1.82) is 0 Å². The molecule has 1 saturated heterocycles. The second-order valence-corrected chi connectivity index (χ2v) is 6.46. The fourth-order valence-electron chi connectivity index (χ4n) is 2.89. The summed E-state index contributed by atoms with van der Waals surface area (Å²) >= 11 is 6.08. The van der Waals surface area contributed by atoms with Gasteiger partial charge in [-0.3, -0.25) is 9.69 Å². The Morgan fingerprint density at radius 1 is 1.19 bits per heavy atom. The summed E-state index contributed by atoms with van der Waals surface area (Å²) in [5, 5.41) is 2.81. The lowest BCUT2D eigenvalue weighted by Gasteiger charge is -2.35. The lowest BCUT2D eigenvalue weighted by Crippen LogP contribution is -2.49. The van der Waals surface area contributed by atoms with Crippen molar-refractivity contribution in [2.24, 2.45) is 0 Å². The van der Waals surface area contributed by atoms with E-state index in [0.717, 1.165) is 6.07 Å². The molecule has 1 aliphatic heterocycles. The number of anilines is 2. The quantitative estimate of drug-likeness (QED) is 0.856. The number of halogens is 4. The molecule has 0 saturated carbocycles. The van der Waals surface area contributed by atoms with Crippen LogP contribution in [0.15, 0.2) is 36.8 Å². The molecule has 1 amide bonds. The number of amides is 1. The van der Waals surface area contributed by atoms with Gasteiger partial charge in [0.15, 0.2) is 5.82 Å². The molecule has 0 aliphatic carbocycles. The molecule has 27 heavy (non-hydrogen) atoms. The molecule has 10 heteroatoms. The first-order chi connectivity index (χ1) is 12.8. The zero-order chi connectivity index (χ0) is 19.4. The zero-order valence-corrected chi connectivity index (χ0v) is 15.0. The number of aromatic nitrogens is 2. The largest absolute Gasteiger partial charge is 0.418 e. The standard InChI is InChI=1S/C17H17ClF3N5O/c18-13-9-22-11-23-16(13)26-7-5-25(6-8-26)10-15(27)24-14-4-2-1-3-12(14)17(19,20)21/h1-4,9,11H,5-8,10H2,(H,24,27). The third kappa shape index (κ3) is 4.86. The maximum absolute atomic E-state index is 13.0. The van der Waals surface area contributed by atoms with Gasteiger partial charge in [0.1, 0.15) is 11.3 Å². The molecule has 2 heterocycles. The van der Waals surface area contributed by atoms with E-state index >= 15 is 0 Å². The van der Waals surface area contributed by atoms with Crippen LogP contribution in [0, 0.1) is 0 Å². The number of carbonyl (C=O) groups excluding carboxylic acids is 1. The van der Waals surface area contributed by atoms with Crippen molar-refractivity contribution >= 4 is 29.0 Å². The van der Waals surface area contributed by atoms with Crippen LogP contribution < -0.4 is 10.2 Å². The van der Waals surface area contributed by atoms with Gasteiger partial charge in [0.25, 0.3) is 0 Å². The van der Waals surface area contributed by atoms with Crippen LogP contribution in [0.1, 0.15) is 5.56 Å². The molecule has 2 aromatic rings. The Morgan fingerprint density at radius 3 is 2.56 bits per heavy atom. The summed E-state index contributed by atoms with van der Waals surface area (Å²) in [7, 11) is 0. The van der Waals surface area contributed by atoms with Gasteiger partial charge >= 0.3 is 6.18 Å². The monoisotopic (exact) mass is 399 g/mol. The summed E-state index contributed by atoms with van der Waals surface area (Å²) in [4.78, 5) is 24.0. The van der Waals surface area contributed by atoms with Crippen LogP contribution in [0.4, 0.5) is 24.7 Å². The summed E-state index contributed by atoms with van der Waals surface area (Å²) in [5.41, 5.74) is -1.09. The normalized spacial score (nSPS) is 15.6. The third-order valence-electron chi connectivity index (χ3n) is 4.19. The molecule has 1 aliphatic rings. The van der Waals surface area contributed by atoms with Gasteiger partial charge in [0.2, 0.25) is 5.91 Å². The topological polar surface area (TPSA) is 61.4 Å². The van der Waals surface area contributed by atoms with Gasteiger partial charge in [0.05, 0.1) is 24.0 Å². The molecule has 144 valence electrons. The number of hydrogen-bond acceptors (Lipinski definition) is 5. The highest BCUT2D eigenvalue weighted by Crippen LogP contribution is 2.34. The van der Waals surface area contributed by atoms with E-state index in [-0.39, 0.29) is 12.2 Å². The van der Waals surface area contributed by atoms with Gasteiger partial charge in [-0.1, -0.05) is 23.7 Å². The van der Waals surface area contributed by atoms with Crippen LogP contribution in [0.5, 0.6) is 0 Å². The predicted molar refractivity (Wildman–Crippen MR) is 95.8 cm³/mol. The van der Waals surface area contributed by atoms with E-state index in [4.69, 9.17) is 11.6 Å². The maximum atomic E-state index is 13.0. The fraction of sp³-hybridized carbons (Fsp3) is 0.353. The van der Waals surface area contributed by atoms with Crippen molar-refractivity contribution in [3.05, 3.63) is 47.4 Å². The van der Waals surface area contributed by atoms with E-state index in [9.17, 15) is 18.0 Å². The van der Waals surface area contributed by atoms with Gasteiger partial charge < -0.3 is 10.2 Å². The highest BCUT2D eigenvalue weighted by molar-refractivity contribution is 6.32. The van der Waals surface area contributed by atoms with Gasteiger partial charge in [-0.25, -0.2) is 9.97 Å². The van der Waals surface area contributed by atoms with Crippen molar-refractivity contribution in [3.8, 4) is 0 Å². The highest BCUT2D eigenvalue weighted by atomic mass is 35.5. The van der Waals surface area contributed by atoms with Gasteiger partial charge in [0, 0.05) is 26.2 Å². The molecule has 3 rings (SSSR count). The van der Waals surface area contributed by atoms with Crippen LogP contribution in [0.2, 0.25) is 5.02 Å². The number of para-hydroxylation sites is 1. The highest BCUT2D eigenvalue weighted by Gasteiger charge is 2.33. The zero-order valence-electron chi connectivity index (χ0n) is 14.2. The molecule has 1 N–H and O–H groups in total. The number of nitrogens with one attached hydrogen (secondary N) is 1. The Labute approximate surface area is 159 Å². The van der Waals surface area contributed by atoms with Crippen molar-refractivity contribution in [2.45, 2.75) is 6.18 Å². The SMILES string of the molecule is O=C(CN1CCN(c2ncncc2Cl)CC1)Nc1ccccc1C(F)(F)F. The molecular weight excluding hydrogens is 383 g/mol. The molecule has 0 bridgehead atoms. The van der Waals surface area contributed by atoms with Crippen molar-refractivity contribution in [1.82, 2.24) is 14.9 Å². The first kappa shape index (κ1) is 19.4. The molecule has 1 aromatic heterocycles. The number of carbonyl (C=O) groups is 1. The van der Waals surface area contributed by atoms with Gasteiger partial charge in [-0.15, -0.1) is 0 Å². The molecule has 1 fully saturated rings. The number of nitrogens with zero attached hydrogens (tertiary/aromatic N) is 4. The minimum atomic E-state index is -4.52. The number of piperazine rings is 1. The van der Waals surface area contributed by atoms with Crippen LogP contribution in [-0.2, 0) is 11.0 Å². The molecule has 1 aromatic carbocycles. The van der Waals surface area contributed by atoms with Gasteiger partial charge in [-0.05, 0) is 12.1 Å². The molecule has 0 spiro atoms. The Balaban J connectivity index is 1.56. The van der Waals surface area contributed by atoms with E-state index in [2.05, 4.69) is 15.3 Å². The van der Waals surface area contributed by atoms with Gasteiger partial charge in [-0.2, -0.15) is 13.2 Å². The average Bonchev–Trinajstić information content (AvgIpc) is 2.62. The third-order valence-corrected chi connectivity index (χ3v) is 4.46.